The second kappa shape index (κ2) is 6.29. The van der Waals surface area contributed by atoms with Crippen LogP contribution in [0.25, 0.3) is 0 Å². The smallest absolute Gasteiger partial charge is 0.203 e. The van der Waals surface area contributed by atoms with Crippen LogP contribution in [-0.4, -0.2) is 20.6 Å². The van der Waals surface area contributed by atoms with Gasteiger partial charge in [0.2, 0.25) is 5.95 Å². The number of hydrogen-bond donors (Lipinski definition) is 1. The predicted molar refractivity (Wildman–Crippen MR) is 85.5 cm³/mol. The molecule has 0 bridgehead atoms. The van der Waals surface area contributed by atoms with Gasteiger partial charge >= 0.3 is 0 Å². The molecule has 112 valence electrons. The van der Waals surface area contributed by atoms with Crippen molar-refractivity contribution in [3.05, 3.63) is 42.0 Å². The molecule has 3 rings (SSSR count). The van der Waals surface area contributed by atoms with E-state index in [1.807, 2.05) is 18.5 Å². The third-order valence-electron chi connectivity index (χ3n) is 4.38. The van der Waals surface area contributed by atoms with Gasteiger partial charge in [0.25, 0.3) is 0 Å². The Hall–Kier alpha value is -1.84. The lowest BCUT2D eigenvalue weighted by Gasteiger charge is -2.25. The van der Waals surface area contributed by atoms with E-state index in [-0.39, 0.29) is 6.04 Å². The summed E-state index contributed by atoms with van der Waals surface area (Å²) in [5, 5.41) is 3.65. The summed E-state index contributed by atoms with van der Waals surface area (Å²) in [5.74, 6) is 0.996. The van der Waals surface area contributed by atoms with Gasteiger partial charge in [0, 0.05) is 24.6 Å². The van der Waals surface area contributed by atoms with Crippen LogP contribution in [0.15, 0.2) is 30.7 Å². The standard InChI is InChI=1S/C17H24N4/c1-13-12-21(14(2)15-7-6-10-18-11-15)17(19-13)20-16-8-4-3-5-9-16/h6-7,10-12,14,16H,3-5,8-9H2,1-2H3,(H,19,20). The van der Waals surface area contributed by atoms with Crippen LogP contribution in [-0.2, 0) is 0 Å². The van der Waals surface area contributed by atoms with Crippen LogP contribution < -0.4 is 5.32 Å². The Kier molecular flexibility index (Phi) is 4.23. The molecule has 2 heterocycles. The lowest BCUT2D eigenvalue weighted by Crippen LogP contribution is -2.25. The SMILES string of the molecule is Cc1cn(C(C)c2cccnc2)c(NC2CCCCC2)n1. The summed E-state index contributed by atoms with van der Waals surface area (Å²) in [6, 6.07) is 4.92. The van der Waals surface area contributed by atoms with Crippen molar-refractivity contribution in [2.75, 3.05) is 5.32 Å². The first-order chi connectivity index (χ1) is 10.2. The summed E-state index contributed by atoms with van der Waals surface area (Å²) in [6.45, 7) is 4.25. The van der Waals surface area contributed by atoms with E-state index in [9.17, 15) is 0 Å². The first-order valence-electron chi connectivity index (χ1n) is 7.96. The summed E-state index contributed by atoms with van der Waals surface area (Å²) in [5.41, 5.74) is 2.27. The number of nitrogens with one attached hydrogen (secondary N) is 1. The van der Waals surface area contributed by atoms with Gasteiger partial charge in [0.05, 0.1) is 11.7 Å². The summed E-state index contributed by atoms with van der Waals surface area (Å²) in [7, 11) is 0. The first kappa shape index (κ1) is 14.1. The van der Waals surface area contributed by atoms with Gasteiger partial charge in [0.15, 0.2) is 0 Å². The molecule has 0 spiro atoms. The van der Waals surface area contributed by atoms with Crippen LogP contribution in [0.5, 0.6) is 0 Å². The molecule has 1 unspecified atom stereocenters. The number of aryl methyl sites for hydroxylation is 1. The number of rotatable bonds is 4. The summed E-state index contributed by atoms with van der Waals surface area (Å²) in [6.07, 6.45) is 12.4. The summed E-state index contributed by atoms with van der Waals surface area (Å²) >= 11 is 0. The average Bonchev–Trinajstić information content (AvgIpc) is 2.89. The Morgan fingerprint density at radius 1 is 1.29 bits per heavy atom. The zero-order valence-electron chi connectivity index (χ0n) is 12.9. The summed E-state index contributed by atoms with van der Waals surface area (Å²) < 4.78 is 2.24. The zero-order valence-corrected chi connectivity index (χ0v) is 12.9. The molecule has 1 aliphatic carbocycles. The lowest BCUT2D eigenvalue weighted by atomic mass is 9.96. The largest absolute Gasteiger partial charge is 0.353 e. The minimum absolute atomic E-state index is 0.242. The molecular weight excluding hydrogens is 260 g/mol. The fourth-order valence-corrected chi connectivity index (χ4v) is 3.13. The van der Waals surface area contributed by atoms with Gasteiger partial charge in [-0.2, -0.15) is 0 Å². The molecule has 4 heteroatoms. The highest BCUT2D eigenvalue weighted by atomic mass is 15.2. The highest BCUT2D eigenvalue weighted by Gasteiger charge is 2.18. The van der Waals surface area contributed by atoms with Crippen molar-refractivity contribution in [1.82, 2.24) is 14.5 Å². The fourth-order valence-electron chi connectivity index (χ4n) is 3.13. The maximum absolute atomic E-state index is 4.68. The highest BCUT2D eigenvalue weighted by Crippen LogP contribution is 2.25. The maximum atomic E-state index is 4.68. The number of aromatic nitrogens is 3. The second-order valence-electron chi connectivity index (χ2n) is 6.05. The van der Waals surface area contributed by atoms with Gasteiger partial charge in [0.1, 0.15) is 0 Å². The molecule has 0 saturated heterocycles. The van der Waals surface area contributed by atoms with E-state index in [0.717, 1.165) is 11.6 Å². The Morgan fingerprint density at radius 2 is 2.10 bits per heavy atom. The van der Waals surface area contributed by atoms with Crippen LogP contribution in [0, 0.1) is 6.92 Å². The quantitative estimate of drug-likeness (QED) is 0.924. The molecule has 4 nitrogen and oxygen atoms in total. The Balaban J connectivity index is 1.81. The van der Waals surface area contributed by atoms with E-state index in [1.54, 1.807) is 0 Å². The minimum atomic E-state index is 0.242. The van der Waals surface area contributed by atoms with Crippen molar-refractivity contribution >= 4 is 5.95 Å². The van der Waals surface area contributed by atoms with E-state index in [1.165, 1.54) is 37.7 Å². The average molecular weight is 284 g/mol. The molecule has 0 radical (unpaired) electrons. The maximum Gasteiger partial charge on any atom is 0.203 e. The fraction of sp³-hybridized carbons (Fsp3) is 0.529. The van der Waals surface area contributed by atoms with E-state index < -0.39 is 0 Å². The number of hydrogen-bond acceptors (Lipinski definition) is 3. The molecule has 1 aliphatic rings. The topological polar surface area (TPSA) is 42.7 Å². The molecule has 1 atom stereocenters. The van der Waals surface area contributed by atoms with Crippen LogP contribution in [0.2, 0.25) is 0 Å². The van der Waals surface area contributed by atoms with Crippen LogP contribution >= 0.6 is 0 Å². The number of pyridine rings is 1. The molecule has 2 aromatic heterocycles. The van der Waals surface area contributed by atoms with Crippen LogP contribution in [0.4, 0.5) is 5.95 Å². The van der Waals surface area contributed by atoms with E-state index in [2.05, 4.69) is 46.0 Å². The Bertz CT molecular complexity index is 570. The van der Waals surface area contributed by atoms with Gasteiger partial charge in [-0.25, -0.2) is 4.98 Å². The predicted octanol–water partition coefficient (Wildman–Crippen LogP) is 3.94. The van der Waals surface area contributed by atoms with Crippen molar-refractivity contribution in [1.29, 1.82) is 0 Å². The molecule has 2 aromatic rings. The third-order valence-corrected chi connectivity index (χ3v) is 4.38. The van der Waals surface area contributed by atoms with Crippen LogP contribution in [0.1, 0.15) is 56.3 Å². The Labute approximate surface area is 126 Å². The zero-order chi connectivity index (χ0) is 14.7. The molecule has 1 fully saturated rings. The summed E-state index contributed by atoms with van der Waals surface area (Å²) in [4.78, 5) is 8.91. The molecule has 1 saturated carbocycles. The lowest BCUT2D eigenvalue weighted by molar-refractivity contribution is 0.458. The van der Waals surface area contributed by atoms with Gasteiger partial charge in [-0.15, -0.1) is 0 Å². The van der Waals surface area contributed by atoms with Crippen molar-refractivity contribution in [2.45, 2.75) is 58.0 Å². The normalized spacial score (nSPS) is 17.6. The van der Waals surface area contributed by atoms with Crippen molar-refractivity contribution in [3.8, 4) is 0 Å². The monoisotopic (exact) mass is 284 g/mol. The van der Waals surface area contributed by atoms with Gasteiger partial charge < -0.3 is 9.88 Å². The van der Waals surface area contributed by atoms with Gasteiger partial charge in [-0.1, -0.05) is 25.3 Å². The molecule has 21 heavy (non-hydrogen) atoms. The molecular formula is C17H24N4. The van der Waals surface area contributed by atoms with Crippen LogP contribution in [0.3, 0.4) is 0 Å². The van der Waals surface area contributed by atoms with Gasteiger partial charge in [-0.05, 0) is 38.3 Å². The van der Waals surface area contributed by atoms with Crippen molar-refractivity contribution in [3.63, 3.8) is 0 Å². The number of anilines is 1. The second-order valence-corrected chi connectivity index (χ2v) is 6.05. The van der Waals surface area contributed by atoms with Gasteiger partial charge in [-0.3, -0.25) is 4.98 Å². The molecule has 0 aliphatic heterocycles. The van der Waals surface area contributed by atoms with E-state index in [4.69, 9.17) is 0 Å². The Morgan fingerprint density at radius 3 is 2.81 bits per heavy atom. The molecule has 0 amide bonds. The van der Waals surface area contributed by atoms with E-state index in [0.29, 0.717) is 6.04 Å². The third kappa shape index (κ3) is 3.26. The van der Waals surface area contributed by atoms with E-state index >= 15 is 0 Å². The minimum Gasteiger partial charge on any atom is -0.353 e. The highest BCUT2D eigenvalue weighted by molar-refractivity contribution is 5.33. The first-order valence-corrected chi connectivity index (χ1v) is 7.96. The molecule has 1 N–H and O–H groups in total. The van der Waals surface area contributed by atoms with Crippen molar-refractivity contribution < 1.29 is 0 Å². The molecule has 0 aromatic carbocycles. The number of imidazole rings is 1. The number of nitrogens with zero attached hydrogens (tertiary/aromatic N) is 3. The van der Waals surface area contributed by atoms with Crippen molar-refractivity contribution in [2.24, 2.45) is 0 Å².